The Labute approximate surface area is 200 Å². The van der Waals surface area contributed by atoms with Crippen LogP contribution in [0.4, 0.5) is 5.88 Å². The molecule has 0 saturated carbocycles. The predicted octanol–water partition coefficient (Wildman–Crippen LogP) is 3.09. The number of sulfonamides is 1. The highest BCUT2D eigenvalue weighted by molar-refractivity contribution is 8.05. The Morgan fingerprint density at radius 2 is 2.03 bits per heavy atom. The maximum Gasteiger partial charge on any atom is 0.257 e. The van der Waals surface area contributed by atoms with E-state index in [0.717, 1.165) is 28.5 Å². The van der Waals surface area contributed by atoms with Crippen LogP contribution in [0.1, 0.15) is 33.5 Å². The maximum atomic E-state index is 13.5. The molecule has 0 radical (unpaired) electrons. The molecule has 0 fully saturated rings. The molecular formula is C21H23ClN4O5S2. The van der Waals surface area contributed by atoms with Crippen LogP contribution in [0.3, 0.4) is 0 Å². The number of aliphatic imine (C=N–C) groups is 1. The van der Waals surface area contributed by atoms with Crippen LogP contribution in [0, 0.1) is 27.7 Å². The summed E-state index contributed by atoms with van der Waals surface area (Å²) < 4.78 is 38.4. The van der Waals surface area contributed by atoms with E-state index in [1.807, 2.05) is 26.8 Å². The van der Waals surface area contributed by atoms with Crippen LogP contribution in [0.25, 0.3) is 0 Å². The van der Waals surface area contributed by atoms with Crippen molar-refractivity contribution in [2.24, 2.45) is 10.7 Å². The number of anilines is 1. The van der Waals surface area contributed by atoms with Crippen molar-refractivity contribution in [3.8, 4) is 0 Å². The number of nitrogens with zero attached hydrogens (tertiary/aromatic N) is 2. The fraction of sp³-hybridized carbons (Fsp3) is 0.381. The summed E-state index contributed by atoms with van der Waals surface area (Å²) in [6, 6.07) is 1.89. The van der Waals surface area contributed by atoms with E-state index >= 15 is 0 Å². The minimum absolute atomic E-state index is 0.0410. The number of nitrogens with two attached hydrogens (primary N) is 1. The molecule has 4 rings (SSSR count). The molecule has 0 aliphatic carbocycles. The Kier molecular flexibility index (Phi) is 6.00. The second kappa shape index (κ2) is 8.37. The Bertz CT molecular complexity index is 1320. The number of hydrogen-bond acceptors (Lipinski definition) is 8. The lowest BCUT2D eigenvalue weighted by atomic mass is 9.83. The molecule has 12 heteroatoms. The minimum atomic E-state index is -4.24. The van der Waals surface area contributed by atoms with Gasteiger partial charge in [-0.05, 0) is 55.4 Å². The molecule has 33 heavy (non-hydrogen) atoms. The summed E-state index contributed by atoms with van der Waals surface area (Å²) in [4.78, 5) is 17.5. The Morgan fingerprint density at radius 1 is 1.30 bits per heavy atom. The van der Waals surface area contributed by atoms with E-state index in [1.165, 1.54) is 6.08 Å². The summed E-state index contributed by atoms with van der Waals surface area (Å²) in [6.07, 6.45) is 1.44. The smallest absolute Gasteiger partial charge is 0.257 e. The number of amides is 1. The molecule has 2 unspecified atom stereocenters. The van der Waals surface area contributed by atoms with Crippen LogP contribution in [0.2, 0.25) is 5.02 Å². The molecule has 1 aromatic heterocycles. The topological polar surface area (TPSA) is 137 Å². The molecule has 9 nitrogen and oxygen atoms in total. The number of ether oxygens (including phenoxy) is 1. The molecule has 1 aromatic carbocycles. The lowest BCUT2D eigenvalue weighted by molar-refractivity contribution is -0.120. The van der Waals surface area contributed by atoms with Gasteiger partial charge >= 0.3 is 0 Å². The average Bonchev–Trinajstić information content (AvgIpc) is 3.46. The van der Waals surface area contributed by atoms with Gasteiger partial charge in [0.15, 0.2) is 0 Å². The summed E-state index contributed by atoms with van der Waals surface area (Å²) in [6.45, 7) is 8.15. The van der Waals surface area contributed by atoms with E-state index in [9.17, 15) is 13.2 Å². The Morgan fingerprint density at radius 3 is 2.61 bits per heavy atom. The van der Waals surface area contributed by atoms with Crippen molar-refractivity contribution in [2.75, 3.05) is 17.9 Å². The van der Waals surface area contributed by atoms with Gasteiger partial charge in [-0.1, -0.05) is 28.9 Å². The van der Waals surface area contributed by atoms with Gasteiger partial charge in [-0.25, -0.2) is 18.1 Å². The molecule has 2 aliphatic heterocycles. The molecule has 2 aromatic rings. The molecule has 0 spiro atoms. The lowest BCUT2D eigenvalue weighted by Crippen LogP contribution is -2.50. The summed E-state index contributed by atoms with van der Waals surface area (Å²) in [7, 11) is -4.24. The zero-order chi connectivity index (χ0) is 24.1. The van der Waals surface area contributed by atoms with Crippen molar-refractivity contribution < 1.29 is 22.5 Å². The van der Waals surface area contributed by atoms with Crippen LogP contribution in [0.15, 0.2) is 27.1 Å². The molecule has 3 N–H and O–H groups in total. The number of hydrogen-bond donors (Lipinski definition) is 2. The van der Waals surface area contributed by atoms with Crippen LogP contribution in [-0.2, 0) is 24.3 Å². The van der Waals surface area contributed by atoms with Crippen LogP contribution in [0.5, 0.6) is 0 Å². The number of rotatable bonds is 6. The number of carbonyl (C=O) groups excluding carboxylic acids is 1. The van der Waals surface area contributed by atoms with Gasteiger partial charge in [-0.3, -0.25) is 4.79 Å². The summed E-state index contributed by atoms with van der Waals surface area (Å²) >= 11 is 7.17. The second-order valence-electron chi connectivity index (χ2n) is 7.95. The third-order valence-corrected chi connectivity index (χ3v) is 9.34. The number of nitrogens with one attached hydrogen (secondary N) is 1. The number of benzene rings is 1. The molecule has 176 valence electrons. The molecular weight excluding hydrogens is 488 g/mol. The van der Waals surface area contributed by atoms with Crippen LogP contribution in [-0.4, -0.2) is 43.8 Å². The minimum Gasteiger partial charge on any atom is -0.475 e. The standard InChI is InChI=1S/C21H23ClN4O5S2/c1-10-9-11(2)16(12(3)15(10)18-24-6-7-30-18)21(20(23)27)14(5-8-32-21)33(28,29)26-19-17(22)13(4)25-31-19/h5,8-9,14,26H,6-7H2,1-4H3,(H2,23,27). The molecule has 0 bridgehead atoms. The Balaban J connectivity index is 1.90. The van der Waals surface area contributed by atoms with Gasteiger partial charge in [0.1, 0.15) is 27.3 Å². The van der Waals surface area contributed by atoms with Crippen LogP contribution >= 0.6 is 23.4 Å². The van der Waals surface area contributed by atoms with Gasteiger partial charge in [0.25, 0.3) is 5.88 Å². The van der Waals surface area contributed by atoms with E-state index in [4.69, 9.17) is 26.6 Å². The number of aryl methyl sites for hydroxylation is 3. The third-order valence-electron chi connectivity index (χ3n) is 5.78. The monoisotopic (exact) mass is 510 g/mol. The van der Waals surface area contributed by atoms with Crippen LogP contribution < -0.4 is 10.5 Å². The summed E-state index contributed by atoms with van der Waals surface area (Å²) in [5.41, 5.74) is 9.86. The SMILES string of the molecule is Cc1cc(C)c(C2(C(N)=O)SC=CC2S(=O)(=O)Nc2onc(C)c2Cl)c(C)c1C1=NCCO1. The predicted molar refractivity (Wildman–Crippen MR) is 128 cm³/mol. The van der Waals surface area contributed by atoms with Gasteiger partial charge in [0, 0.05) is 5.56 Å². The largest absolute Gasteiger partial charge is 0.475 e. The first-order chi connectivity index (χ1) is 15.5. The fourth-order valence-corrected chi connectivity index (χ4v) is 7.96. The number of carbonyl (C=O) groups is 1. The quantitative estimate of drug-likeness (QED) is 0.609. The lowest BCUT2D eigenvalue weighted by Gasteiger charge is -2.35. The maximum absolute atomic E-state index is 13.5. The van der Waals surface area contributed by atoms with Crippen molar-refractivity contribution in [3.05, 3.63) is 56.1 Å². The van der Waals surface area contributed by atoms with Gasteiger partial charge in [-0.2, -0.15) is 0 Å². The fourth-order valence-electron chi connectivity index (χ4n) is 4.45. The van der Waals surface area contributed by atoms with Crippen molar-refractivity contribution in [2.45, 2.75) is 37.7 Å². The van der Waals surface area contributed by atoms with E-state index in [2.05, 4.69) is 14.9 Å². The molecule has 3 heterocycles. The molecule has 1 amide bonds. The number of aromatic nitrogens is 1. The summed E-state index contributed by atoms with van der Waals surface area (Å²) in [5.74, 6) is -0.532. The van der Waals surface area contributed by atoms with Crippen molar-refractivity contribution in [1.29, 1.82) is 0 Å². The van der Waals surface area contributed by atoms with E-state index in [1.54, 1.807) is 12.3 Å². The average molecular weight is 511 g/mol. The number of thioether (sulfide) groups is 1. The van der Waals surface area contributed by atoms with Crippen molar-refractivity contribution in [1.82, 2.24) is 5.16 Å². The van der Waals surface area contributed by atoms with E-state index in [0.29, 0.717) is 35.9 Å². The van der Waals surface area contributed by atoms with Gasteiger partial charge < -0.3 is 15.0 Å². The molecule has 2 atom stereocenters. The van der Waals surface area contributed by atoms with Crippen molar-refractivity contribution >= 4 is 51.1 Å². The summed E-state index contributed by atoms with van der Waals surface area (Å²) in [5, 5.41) is 3.95. The number of primary amides is 1. The molecule has 0 saturated heterocycles. The highest BCUT2D eigenvalue weighted by Crippen LogP contribution is 2.51. The van der Waals surface area contributed by atoms with Crippen molar-refractivity contribution in [3.63, 3.8) is 0 Å². The third kappa shape index (κ3) is 3.71. The first-order valence-electron chi connectivity index (χ1n) is 10.1. The highest BCUT2D eigenvalue weighted by atomic mass is 35.5. The van der Waals surface area contributed by atoms with Gasteiger partial charge in [0.05, 0.1) is 6.54 Å². The van der Waals surface area contributed by atoms with Gasteiger partial charge in [-0.15, -0.1) is 11.8 Å². The number of halogens is 1. The normalized spacial score (nSPS) is 22.3. The highest BCUT2D eigenvalue weighted by Gasteiger charge is 2.56. The second-order valence-corrected chi connectivity index (χ2v) is 11.3. The zero-order valence-electron chi connectivity index (χ0n) is 18.4. The molecule has 2 aliphatic rings. The Hall–Kier alpha value is -2.50. The van der Waals surface area contributed by atoms with E-state index < -0.39 is 25.9 Å². The first kappa shape index (κ1) is 23.7. The van der Waals surface area contributed by atoms with E-state index in [-0.39, 0.29) is 10.9 Å². The van der Waals surface area contributed by atoms with Gasteiger partial charge in [0.2, 0.25) is 21.8 Å². The zero-order valence-corrected chi connectivity index (χ0v) is 20.8. The first-order valence-corrected chi connectivity index (χ1v) is 12.9.